The first-order valence-corrected chi connectivity index (χ1v) is 6.90. The number of likely N-dealkylation sites (N-methyl/N-ethyl adjacent to an activating group) is 1. The molecule has 0 unspecified atom stereocenters. The zero-order valence-electron chi connectivity index (χ0n) is 12.2. The van der Waals surface area contributed by atoms with E-state index in [9.17, 15) is 4.79 Å². The summed E-state index contributed by atoms with van der Waals surface area (Å²) in [5.74, 6) is -0.356. The fraction of sp³-hybridized carbons (Fsp3) is 0.235. The molecule has 0 bridgehead atoms. The Balaban J connectivity index is 2.19. The van der Waals surface area contributed by atoms with E-state index in [0.29, 0.717) is 11.3 Å². The van der Waals surface area contributed by atoms with Crippen molar-refractivity contribution in [1.29, 1.82) is 0 Å². The number of carbonyl (C=O) groups is 1. The van der Waals surface area contributed by atoms with Gasteiger partial charge in [-0.2, -0.15) is 0 Å². The highest BCUT2D eigenvalue weighted by Gasteiger charge is 2.23. The molecule has 0 aliphatic rings. The highest BCUT2D eigenvalue weighted by atomic mass is 16.5. The number of rotatable bonds is 5. The number of nitrogen functional groups attached to an aromatic ring is 1. The third-order valence-corrected chi connectivity index (χ3v) is 3.42. The van der Waals surface area contributed by atoms with Gasteiger partial charge in [-0.1, -0.05) is 30.3 Å². The van der Waals surface area contributed by atoms with Gasteiger partial charge < -0.3 is 15.8 Å². The molecule has 0 aromatic heterocycles. The Labute approximate surface area is 124 Å². The first-order chi connectivity index (χ1) is 10.1. The van der Waals surface area contributed by atoms with E-state index in [2.05, 4.69) is 5.32 Å². The maximum absolute atomic E-state index is 12.3. The van der Waals surface area contributed by atoms with Crippen molar-refractivity contribution in [2.45, 2.75) is 19.1 Å². The molecule has 2 atom stereocenters. The van der Waals surface area contributed by atoms with Gasteiger partial charge in [-0.25, -0.2) is 4.79 Å². The van der Waals surface area contributed by atoms with Crippen molar-refractivity contribution in [3.05, 3.63) is 65.7 Å². The maximum atomic E-state index is 12.3. The van der Waals surface area contributed by atoms with Crippen LogP contribution in [0.4, 0.5) is 5.69 Å². The molecule has 0 fully saturated rings. The summed E-state index contributed by atoms with van der Waals surface area (Å²) in [6.45, 7) is 1.98. The molecule has 0 saturated heterocycles. The van der Waals surface area contributed by atoms with Crippen LogP contribution in [0.1, 0.15) is 28.9 Å². The van der Waals surface area contributed by atoms with Crippen molar-refractivity contribution in [3.63, 3.8) is 0 Å². The van der Waals surface area contributed by atoms with Gasteiger partial charge in [0.25, 0.3) is 0 Å². The number of benzene rings is 2. The minimum absolute atomic E-state index is 0.00475. The third kappa shape index (κ3) is 3.83. The van der Waals surface area contributed by atoms with E-state index in [1.54, 1.807) is 24.3 Å². The Morgan fingerprint density at radius 3 is 2.29 bits per heavy atom. The Kier molecular flexibility index (Phi) is 4.95. The van der Waals surface area contributed by atoms with E-state index in [4.69, 9.17) is 10.5 Å². The smallest absolute Gasteiger partial charge is 0.338 e. The van der Waals surface area contributed by atoms with Gasteiger partial charge in [-0.3, -0.25) is 0 Å². The summed E-state index contributed by atoms with van der Waals surface area (Å²) in [6, 6.07) is 16.4. The number of carbonyl (C=O) groups excluding carboxylic acids is 1. The summed E-state index contributed by atoms with van der Waals surface area (Å²) in [5, 5.41) is 3.13. The second kappa shape index (κ2) is 6.90. The number of anilines is 1. The summed E-state index contributed by atoms with van der Waals surface area (Å²) in [6.07, 6.45) is -0.346. The summed E-state index contributed by atoms with van der Waals surface area (Å²) >= 11 is 0. The first-order valence-electron chi connectivity index (χ1n) is 6.90. The van der Waals surface area contributed by atoms with Crippen LogP contribution in [-0.2, 0) is 4.74 Å². The predicted octanol–water partition coefficient (Wildman–Crippen LogP) is 2.77. The molecular formula is C17H20N2O2. The van der Waals surface area contributed by atoms with Gasteiger partial charge in [-0.05, 0) is 43.8 Å². The lowest BCUT2D eigenvalue weighted by molar-refractivity contribution is 0.0219. The van der Waals surface area contributed by atoms with Gasteiger partial charge >= 0.3 is 5.97 Å². The van der Waals surface area contributed by atoms with Crippen LogP contribution in [0.25, 0.3) is 0 Å². The minimum atomic E-state index is -0.356. The summed E-state index contributed by atoms with van der Waals surface area (Å²) in [5.41, 5.74) is 7.70. The fourth-order valence-corrected chi connectivity index (χ4v) is 2.06. The molecule has 2 aromatic carbocycles. The van der Waals surface area contributed by atoms with Crippen LogP contribution >= 0.6 is 0 Å². The van der Waals surface area contributed by atoms with E-state index in [-0.39, 0.29) is 18.1 Å². The lowest BCUT2D eigenvalue weighted by Crippen LogP contribution is -2.32. The molecule has 0 radical (unpaired) electrons. The van der Waals surface area contributed by atoms with Gasteiger partial charge in [0.1, 0.15) is 6.10 Å². The molecule has 2 aromatic rings. The van der Waals surface area contributed by atoms with Crippen molar-refractivity contribution in [2.24, 2.45) is 0 Å². The normalized spacial score (nSPS) is 13.4. The first kappa shape index (κ1) is 15.1. The summed E-state index contributed by atoms with van der Waals surface area (Å²) < 4.78 is 5.67. The van der Waals surface area contributed by atoms with Crippen LogP contribution in [-0.4, -0.2) is 19.1 Å². The van der Waals surface area contributed by atoms with Crippen molar-refractivity contribution in [3.8, 4) is 0 Å². The molecule has 0 aliphatic carbocycles. The zero-order chi connectivity index (χ0) is 15.2. The van der Waals surface area contributed by atoms with Crippen LogP contribution in [0, 0.1) is 0 Å². The van der Waals surface area contributed by atoms with Crippen LogP contribution in [0.15, 0.2) is 54.6 Å². The molecule has 0 spiro atoms. The highest BCUT2D eigenvalue weighted by molar-refractivity contribution is 5.90. The van der Waals surface area contributed by atoms with E-state index >= 15 is 0 Å². The third-order valence-electron chi connectivity index (χ3n) is 3.42. The largest absolute Gasteiger partial charge is 0.452 e. The molecule has 0 saturated carbocycles. The van der Waals surface area contributed by atoms with Crippen LogP contribution in [0.3, 0.4) is 0 Å². The molecule has 0 amide bonds. The Bertz CT molecular complexity index is 581. The van der Waals surface area contributed by atoms with Gasteiger partial charge in [0.15, 0.2) is 0 Å². The van der Waals surface area contributed by atoms with Gasteiger partial charge in [0.05, 0.1) is 5.56 Å². The maximum Gasteiger partial charge on any atom is 0.338 e. The van der Waals surface area contributed by atoms with E-state index in [1.165, 1.54) is 0 Å². The molecule has 0 aliphatic heterocycles. The van der Waals surface area contributed by atoms with E-state index in [1.807, 2.05) is 44.3 Å². The van der Waals surface area contributed by atoms with Crippen LogP contribution in [0.2, 0.25) is 0 Å². The predicted molar refractivity (Wildman–Crippen MR) is 84.0 cm³/mol. The monoisotopic (exact) mass is 284 g/mol. The standard InChI is InChI=1S/C17H20N2O2/c1-12(19-2)16(13-6-4-3-5-7-13)21-17(20)14-8-10-15(18)11-9-14/h3-12,16,19H,18H2,1-2H3/t12-,16+/m1/s1. The molecular weight excluding hydrogens is 264 g/mol. The van der Waals surface area contributed by atoms with Crippen molar-refractivity contribution in [1.82, 2.24) is 5.32 Å². The Morgan fingerprint density at radius 1 is 1.10 bits per heavy atom. The van der Waals surface area contributed by atoms with Crippen LogP contribution in [0.5, 0.6) is 0 Å². The number of nitrogens with one attached hydrogen (secondary N) is 1. The van der Waals surface area contributed by atoms with Crippen molar-refractivity contribution >= 4 is 11.7 Å². The average Bonchev–Trinajstić information content (AvgIpc) is 2.53. The lowest BCUT2D eigenvalue weighted by Gasteiger charge is -2.24. The van der Waals surface area contributed by atoms with Crippen molar-refractivity contribution < 1.29 is 9.53 Å². The topological polar surface area (TPSA) is 64.3 Å². The summed E-state index contributed by atoms with van der Waals surface area (Å²) in [4.78, 5) is 12.3. The summed E-state index contributed by atoms with van der Waals surface area (Å²) in [7, 11) is 1.84. The number of ether oxygens (including phenoxy) is 1. The second-order valence-electron chi connectivity index (χ2n) is 4.94. The molecule has 3 N–H and O–H groups in total. The SMILES string of the molecule is CN[C@H](C)[C@H](OC(=O)c1ccc(N)cc1)c1ccccc1. The average molecular weight is 284 g/mol. The van der Waals surface area contributed by atoms with Gasteiger partial charge in [0, 0.05) is 11.7 Å². The van der Waals surface area contributed by atoms with E-state index in [0.717, 1.165) is 5.56 Å². The quantitative estimate of drug-likeness (QED) is 0.654. The Morgan fingerprint density at radius 2 is 1.71 bits per heavy atom. The van der Waals surface area contributed by atoms with E-state index < -0.39 is 0 Å². The fourth-order valence-electron chi connectivity index (χ4n) is 2.06. The van der Waals surface area contributed by atoms with Crippen LogP contribution < -0.4 is 11.1 Å². The Hall–Kier alpha value is -2.33. The molecule has 0 heterocycles. The van der Waals surface area contributed by atoms with Gasteiger partial charge in [-0.15, -0.1) is 0 Å². The molecule has 110 valence electrons. The second-order valence-corrected chi connectivity index (χ2v) is 4.94. The van der Waals surface area contributed by atoms with Crippen molar-refractivity contribution in [2.75, 3.05) is 12.8 Å². The molecule has 4 nitrogen and oxygen atoms in total. The number of hydrogen-bond donors (Lipinski definition) is 2. The van der Waals surface area contributed by atoms with Gasteiger partial charge in [0.2, 0.25) is 0 Å². The molecule has 4 heteroatoms. The minimum Gasteiger partial charge on any atom is -0.452 e. The lowest BCUT2D eigenvalue weighted by atomic mass is 10.0. The molecule has 21 heavy (non-hydrogen) atoms. The zero-order valence-corrected chi connectivity index (χ0v) is 12.2. The number of nitrogens with two attached hydrogens (primary N) is 1. The number of hydrogen-bond acceptors (Lipinski definition) is 4. The molecule has 2 rings (SSSR count). The number of esters is 1. The highest BCUT2D eigenvalue weighted by Crippen LogP contribution is 2.23.